The van der Waals surface area contributed by atoms with Crippen molar-refractivity contribution in [2.45, 2.75) is 69.6 Å². The van der Waals surface area contributed by atoms with Crippen LogP contribution < -0.4 is 15.4 Å². The molecule has 6 rings (SSSR count). The molecule has 3 saturated heterocycles. The van der Waals surface area contributed by atoms with Crippen molar-refractivity contribution in [2.75, 3.05) is 56.6 Å². The number of halogens is 4. The monoisotopic (exact) mass is 631 g/mol. The fraction of sp³-hybridized carbons (Fsp3) is 0.562. The van der Waals surface area contributed by atoms with Crippen molar-refractivity contribution in [3.05, 3.63) is 52.0 Å². The minimum absolute atomic E-state index is 0.0505. The maximum Gasteiger partial charge on any atom is 0.418 e. The van der Waals surface area contributed by atoms with Crippen molar-refractivity contribution in [1.29, 1.82) is 0 Å². The summed E-state index contributed by atoms with van der Waals surface area (Å²) in [5, 5.41) is 10.9. The van der Waals surface area contributed by atoms with Gasteiger partial charge in [0.05, 0.1) is 55.0 Å². The van der Waals surface area contributed by atoms with Crippen LogP contribution in [0.15, 0.2) is 18.2 Å². The van der Waals surface area contributed by atoms with Crippen LogP contribution in [0.1, 0.15) is 67.2 Å². The highest BCUT2D eigenvalue weighted by atomic mass is 19.4. The Morgan fingerprint density at radius 2 is 2.09 bits per heavy atom. The minimum atomic E-state index is -4.92. The number of anilines is 2. The molecule has 45 heavy (non-hydrogen) atoms. The fourth-order valence-corrected chi connectivity index (χ4v) is 7.11. The molecule has 4 aliphatic rings. The van der Waals surface area contributed by atoms with E-state index in [-0.39, 0.29) is 37.7 Å². The molecule has 2 aromatic rings. The Labute approximate surface area is 259 Å². The fourth-order valence-electron chi connectivity index (χ4n) is 7.11. The third kappa shape index (κ3) is 6.08. The zero-order valence-electron chi connectivity index (χ0n) is 25.4. The third-order valence-corrected chi connectivity index (χ3v) is 9.01. The predicted octanol–water partition coefficient (Wildman–Crippen LogP) is 4.16. The SMILES string of the molecule is C=C1CN2CCC[C@]2(COc2nc3c(c(N4CCOCC(C)(O)C4)n2)CO[C@H](c2c(F)c(N)cc(C#CC)c2C(F)(F)F)C3)C1. The van der Waals surface area contributed by atoms with Gasteiger partial charge < -0.3 is 30.0 Å². The second-order valence-electron chi connectivity index (χ2n) is 12.7. The smallest absolute Gasteiger partial charge is 0.418 e. The molecule has 0 spiro atoms. The molecular formula is C32H37F4N5O4. The third-order valence-electron chi connectivity index (χ3n) is 9.01. The van der Waals surface area contributed by atoms with Gasteiger partial charge in [0.1, 0.15) is 18.0 Å². The maximum atomic E-state index is 15.5. The Balaban J connectivity index is 1.41. The molecule has 3 atom stereocenters. The van der Waals surface area contributed by atoms with E-state index in [1.807, 2.05) is 4.90 Å². The molecule has 13 heteroatoms. The second kappa shape index (κ2) is 11.7. The topological polar surface area (TPSA) is 106 Å². The lowest BCUT2D eigenvalue weighted by molar-refractivity contribution is -0.140. The Morgan fingerprint density at radius 3 is 2.84 bits per heavy atom. The lowest BCUT2D eigenvalue weighted by Crippen LogP contribution is -2.44. The van der Waals surface area contributed by atoms with Crippen LogP contribution in [0.2, 0.25) is 0 Å². The molecule has 0 bridgehead atoms. The van der Waals surface area contributed by atoms with Crippen molar-refractivity contribution in [3.8, 4) is 17.9 Å². The van der Waals surface area contributed by atoms with E-state index in [2.05, 4.69) is 28.3 Å². The molecule has 0 saturated carbocycles. The van der Waals surface area contributed by atoms with Crippen LogP contribution in [-0.2, 0) is 28.7 Å². The summed E-state index contributed by atoms with van der Waals surface area (Å²) in [6.45, 7) is 10.1. The van der Waals surface area contributed by atoms with Gasteiger partial charge in [-0.1, -0.05) is 18.1 Å². The Kier molecular flexibility index (Phi) is 8.22. The Hall–Kier alpha value is -3.44. The van der Waals surface area contributed by atoms with E-state index in [9.17, 15) is 18.3 Å². The molecule has 0 amide bonds. The van der Waals surface area contributed by atoms with Crippen LogP contribution in [-0.4, -0.2) is 77.1 Å². The largest absolute Gasteiger partial charge is 0.461 e. The summed E-state index contributed by atoms with van der Waals surface area (Å²) in [5.41, 5.74) is 3.65. The van der Waals surface area contributed by atoms with Gasteiger partial charge in [-0.2, -0.15) is 23.1 Å². The van der Waals surface area contributed by atoms with Crippen molar-refractivity contribution in [1.82, 2.24) is 14.9 Å². The number of benzene rings is 1. The molecule has 1 aromatic heterocycles. The van der Waals surface area contributed by atoms with Gasteiger partial charge in [0.25, 0.3) is 0 Å². The predicted molar refractivity (Wildman–Crippen MR) is 158 cm³/mol. The summed E-state index contributed by atoms with van der Waals surface area (Å²) in [5.74, 6) is 4.10. The molecule has 242 valence electrons. The van der Waals surface area contributed by atoms with Crippen molar-refractivity contribution in [3.63, 3.8) is 0 Å². The molecule has 1 aromatic carbocycles. The lowest BCUT2D eigenvalue weighted by Gasteiger charge is -2.34. The normalized spacial score (nSPS) is 27.0. The number of aliphatic hydroxyl groups is 1. The van der Waals surface area contributed by atoms with E-state index in [0.717, 1.165) is 44.0 Å². The van der Waals surface area contributed by atoms with Gasteiger partial charge in [0, 0.05) is 36.2 Å². The summed E-state index contributed by atoms with van der Waals surface area (Å²) >= 11 is 0. The van der Waals surface area contributed by atoms with Crippen LogP contribution in [0.4, 0.5) is 29.1 Å². The number of alkyl halides is 3. The van der Waals surface area contributed by atoms with Gasteiger partial charge in [-0.3, -0.25) is 4.90 Å². The molecule has 0 radical (unpaired) electrons. The molecule has 4 aliphatic heterocycles. The second-order valence-corrected chi connectivity index (χ2v) is 12.7. The Morgan fingerprint density at radius 1 is 1.29 bits per heavy atom. The highest BCUT2D eigenvalue weighted by Crippen LogP contribution is 2.45. The molecule has 1 unspecified atom stereocenters. The van der Waals surface area contributed by atoms with Crippen molar-refractivity contribution >= 4 is 11.5 Å². The first-order valence-electron chi connectivity index (χ1n) is 15.0. The number of β-amino-alcohol motifs (C(OH)–C–C–N with tert-alkyl or cyclic N) is 1. The lowest BCUT2D eigenvalue weighted by atomic mass is 9.90. The highest BCUT2D eigenvalue weighted by molar-refractivity contribution is 5.59. The summed E-state index contributed by atoms with van der Waals surface area (Å²) in [7, 11) is 0. The van der Waals surface area contributed by atoms with Crippen LogP contribution in [0.3, 0.4) is 0 Å². The molecule has 9 nitrogen and oxygen atoms in total. The number of nitrogens with zero attached hydrogens (tertiary/aromatic N) is 4. The summed E-state index contributed by atoms with van der Waals surface area (Å²) < 4.78 is 76.7. The Bertz CT molecular complexity index is 1570. The highest BCUT2D eigenvalue weighted by Gasteiger charge is 2.47. The molecule has 3 N–H and O–H groups in total. The summed E-state index contributed by atoms with van der Waals surface area (Å²) in [6.07, 6.45) is -3.71. The average Bonchev–Trinajstić information content (AvgIpc) is 3.42. The van der Waals surface area contributed by atoms with E-state index in [4.69, 9.17) is 24.9 Å². The number of fused-ring (bicyclic) bond motifs is 2. The van der Waals surface area contributed by atoms with Crippen molar-refractivity contribution in [2.24, 2.45) is 0 Å². The van der Waals surface area contributed by atoms with E-state index in [1.54, 1.807) is 6.92 Å². The standard InChI is InChI=1S/C32H37F4N5O4/c1-4-6-20-11-22(37)27(33)25(26(20)32(34,35)36)24-12-23-21(15-44-24)28(40-9-10-43-17-30(3,42)16-40)39-29(38-23)45-18-31-7-5-8-41(31)14-19(2)13-31/h11,24,42H,2,5,7-10,12-18,37H2,1,3H3/t24-,30?,31+/m0/s1. The number of nitrogens with two attached hydrogens (primary N) is 1. The van der Waals surface area contributed by atoms with E-state index < -0.39 is 46.1 Å². The first-order chi connectivity index (χ1) is 21.3. The summed E-state index contributed by atoms with van der Waals surface area (Å²) in [4.78, 5) is 13.6. The quantitative estimate of drug-likeness (QED) is 0.218. The van der Waals surface area contributed by atoms with Gasteiger partial charge in [-0.15, -0.1) is 5.92 Å². The van der Waals surface area contributed by atoms with Gasteiger partial charge >= 0.3 is 12.2 Å². The van der Waals surface area contributed by atoms with Crippen LogP contribution >= 0.6 is 0 Å². The zero-order chi connectivity index (χ0) is 32.1. The van der Waals surface area contributed by atoms with Crippen molar-refractivity contribution < 1.29 is 36.9 Å². The molecule has 3 fully saturated rings. The van der Waals surface area contributed by atoms with Gasteiger partial charge in [-0.25, -0.2) is 4.39 Å². The van der Waals surface area contributed by atoms with Crippen LogP contribution in [0, 0.1) is 17.7 Å². The first-order valence-corrected chi connectivity index (χ1v) is 15.0. The number of aromatic nitrogens is 2. The molecule has 5 heterocycles. The number of hydrogen-bond donors (Lipinski definition) is 2. The average molecular weight is 632 g/mol. The van der Waals surface area contributed by atoms with Gasteiger partial charge in [0.15, 0.2) is 5.82 Å². The van der Waals surface area contributed by atoms with Gasteiger partial charge in [-0.05, 0) is 45.7 Å². The first kappa shape index (κ1) is 31.5. The number of nitrogen functional groups attached to an aromatic ring is 1. The number of hydrogen-bond acceptors (Lipinski definition) is 9. The number of rotatable bonds is 5. The molecular weight excluding hydrogens is 594 g/mol. The minimum Gasteiger partial charge on any atom is -0.461 e. The number of ether oxygens (including phenoxy) is 3. The van der Waals surface area contributed by atoms with E-state index in [1.165, 1.54) is 6.92 Å². The zero-order valence-corrected chi connectivity index (χ0v) is 25.4. The maximum absolute atomic E-state index is 15.5. The van der Waals surface area contributed by atoms with Gasteiger partial charge in [0.2, 0.25) is 0 Å². The summed E-state index contributed by atoms with van der Waals surface area (Å²) in [6, 6.07) is 0.951. The van der Waals surface area contributed by atoms with E-state index in [0.29, 0.717) is 36.8 Å². The van der Waals surface area contributed by atoms with Crippen LogP contribution in [0.5, 0.6) is 6.01 Å². The van der Waals surface area contributed by atoms with Crippen LogP contribution in [0.25, 0.3) is 0 Å². The van der Waals surface area contributed by atoms with E-state index >= 15 is 4.39 Å². The molecule has 0 aliphatic carbocycles.